The lowest BCUT2D eigenvalue weighted by Crippen LogP contribution is -2.21. The lowest BCUT2D eigenvalue weighted by molar-refractivity contribution is 0.591. The van der Waals surface area contributed by atoms with Crippen molar-refractivity contribution in [1.29, 1.82) is 0 Å². The van der Waals surface area contributed by atoms with Gasteiger partial charge in [0.05, 0.1) is 22.8 Å². The molecule has 1 aliphatic heterocycles. The summed E-state index contributed by atoms with van der Waals surface area (Å²) in [5.41, 5.74) is 21.1. The van der Waals surface area contributed by atoms with Crippen LogP contribution in [0.4, 0.5) is 45.5 Å². The van der Waals surface area contributed by atoms with Crippen molar-refractivity contribution in [1.82, 2.24) is 0 Å². The lowest BCUT2D eigenvalue weighted by Gasteiger charge is -2.36. The highest BCUT2D eigenvalue weighted by molar-refractivity contribution is 6.29. The van der Waals surface area contributed by atoms with Gasteiger partial charge in [-0.3, -0.25) is 0 Å². The van der Waals surface area contributed by atoms with E-state index in [2.05, 4.69) is 278 Å². The molecular weight excluding hydrogens is 895 g/mol. The second-order valence-electron chi connectivity index (χ2n) is 23.3. The van der Waals surface area contributed by atoms with Gasteiger partial charge in [-0.25, -0.2) is 0 Å². The topological polar surface area (TPSA) is 9.72 Å². The molecule has 0 saturated heterocycles. The molecule has 0 atom stereocenters. The maximum atomic E-state index is 4.19. The molecule has 0 amide bonds. The van der Waals surface area contributed by atoms with Gasteiger partial charge in [0.25, 0.3) is 0 Å². The van der Waals surface area contributed by atoms with E-state index in [1.807, 2.05) is 6.08 Å². The molecule has 0 fully saturated rings. The van der Waals surface area contributed by atoms with Crippen molar-refractivity contribution >= 4 is 83.5 Å². The Morgan fingerprint density at radius 1 is 0.473 bits per heavy atom. The van der Waals surface area contributed by atoms with E-state index in [-0.39, 0.29) is 16.2 Å². The first kappa shape index (κ1) is 45.7. The first-order valence-corrected chi connectivity index (χ1v) is 26.5. The van der Waals surface area contributed by atoms with E-state index in [9.17, 15) is 0 Å². The first-order valence-electron chi connectivity index (χ1n) is 26.5. The molecule has 2 aliphatic carbocycles. The van der Waals surface area contributed by atoms with Gasteiger partial charge in [-0.15, -0.1) is 0 Å². The summed E-state index contributed by atoms with van der Waals surface area (Å²) in [5.74, 6) is 0.413. The largest absolute Gasteiger partial charge is 0.310 e. The van der Waals surface area contributed by atoms with Gasteiger partial charge in [-0.2, -0.15) is 0 Å². The maximum Gasteiger partial charge on any atom is 0.0578 e. The van der Waals surface area contributed by atoms with Crippen LogP contribution in [-0.4, -0.2) is 0 Å². The van der Waals surface area contributed by atoms with Crippen LogP contribution in [0.1, 0.15) is 102 Å². The Bertz CT molecular complexity index is 3980. The van der Waals surface area contributed by atoms with Crippen LogP contribution in [0.5, 0.6) is 0 Å². The summed E-state index contributed by atoms with van der Waals surface area (Å²) in [6.07, 6.45) is 6.33. The van der Waals surface area contributed by atoms with Gasteiger partial charge in [0.15, 0.2) is 0 Å². The van der Waals surface area contributed by atoms with Crippen molar-refractivity contribution in [2.24, 2.45) is 0 Å². The molecule has 1 heterocycles. The van der Waals surface area contributed by atoms with Gasteiger partial charge in [0.1, 0.15) is 0 Å². The number of allylic oxidation sites excluding steroid dienone is 4. The van der Waals surface area contributed by atoms with Crippen LogP contribution < -0.4 is 14.7 Å². The Balaban J connectivity index is 1.24. The zero-order valence-electron chi connectivity index (χ0n) is 44.2. The molecule has 0 aromatic heterocycles. The van der Waals surface area contributed by atoms with Crippen LogP contribution in [-0.2, 0) is 16.2 Å². The predicted molar refractivity (Wildman–Crippen MR) is 318 cm³/mol. The van der Waals surface area contributed by atoms with Crippen LogP contribution >= 0.6 is 0 Å². The minimum Gasteiger partial charge on any atom is -0.310 e. The van der Waals surface area contributed by atoms with Crippen molar-refractivity contribution in [2.75, 3.05) is 14.7 Å². The first-order chi connectivity index (χ1) is 35.6. The molecule has 10 aromatic carbocycles. The third-order valence-corrected chi connectivity index (χ3v) is 16.8. The van der Waals surface area contributed by atoms with Crippen LogP contribution in [0.25, 0.3) is 49.1 Å². The minimum atomic E-state index is -0.318. The van der Waals surface area contributed by atoms with Crippen molar-refractivity contribution in [3.05, 3.63) is 246 Å². The molecule has 3 heteroatoms. The molecule has 362 valence electrons. The summed E-state index contributed by atoms with van der Waals surface area (Å²) in [7, 11) is 0. The summed E-state index contributed by atoms with van der Waals surface area (Å²) in [6, 6.07) is 69.8. The third kappa shape index (κ3) is 6.71. The molecule has 6 bridgehead atoms. The highest BCUT2D eigenvalue weighted by Gasteiger charge is 2.42. The normalized spacial score (nSPS) is 15.6. The molecule has 0 saturated carbocycles. The van der Waals surface area contributed by atoms with E-state index >= 15 is 0 Å². The van der Waals surface area contributed by atoms with Gasteiger partial charge in [-0.05, 0) is 127 Å². The van der Waals surface area contributed by atoms with Gasteiger partial charge in [-0.1, -0.05) is 208 Å². The average molecular weight is 958 g/mol. The monoisotopic (exact) mass is 958 g/mol. The number of rotatable bonds is 6. The fourth-order valence-electron chi connectivity index (χ4n) is 12.9. The van der Waals surface area contributed by atoms with Gasteiger partial charge >= 0.3 is 0 Å². The summed E-state index contributed by atoms with van der Waals surface area (Å²) < 4.78 is 0. The van der Waals surface area contributed by atoms with Gasteiger partial charge in [0, 0.05) is 66.6 Å². The zero-order valence-corrected chi connectivity index (χ0v) is 44.2. The second kappa shape index (κ2) is 16.4. The van der Waals surface area contributed by atoms with E-state index in [0.717, 1.165) is 45.5 Å². The number of fused-ring (bicyclic) bond motifs is 12. The Labute approximate surface area is 437 Å². The molecule has 13 rings (SSSR count). The van der Waals surface area contributed by atoms with Crippen LogP contribution in [0.15, 0.2) is 212 Å². The smallest absolute Gasteiger partial charge is 0.0578 e. The van der Waals surface area contributed by atoms with Gasteiger partial charge < -0.3 is 14.7 Å². The lowest BCUT2D eigenvalue weighted by atomic mass is 9.81. The Morgan fingerprint density at radius 3 is 1.62 bits per heavy atom. The SMILES string of the molecule is C=C/C=C\C1=C(N2c3cccc(c3)N(c3ccc(C(C)C)cc3)c3cccc(c3)N(c3cccc4c3-c3ccccc3C4(C)C)c3cc2c2ccc4cc(C(C)(C)C)cc5ccc3c2c45)c2ccccc2C1(C)C. The Hall–Kier alpha value is -8.14. The molecule has 3 aliphatic rings. The summed E-state index contributed by atoms with van der Waals surface area (Å²) in [6.45, 7) is 25.2. The second-order valence-corrected chi connectivity index (χ2v) is 23.3. The van der Waals surface area contributed by atoms with Crippen molar-refractivity contribution in [3.63, 3.8) is 0 Å². The molecular formula is C71H63N3. The fourth-order valence-corrected chi connectivity index (χ4v) is 12.9. The van der Waals surface area contributed by atoms with Crippen molar-refractivity contribution in [3.8, 4) is 11.1 Å². The third-order valence-electron chi connectivity index (χ3n) is 16.8. The molecule has 0 unspecified atom stereocenters. The maximum absolute atomic E-state index is 4.19. The summed E-state index contributed by atoms with van der Waals surface area (Å²) in [5, 5.41) is 7.48. The molecule has 3 nitrogen and oxygen atoms in total. The molecule has 0 N–H and O–H groups in total. The number of anilines is 8. The van der Waals surface area contributed by atoms with E-state index in [1.54, 1.807) is 0 Å². The fraction of sp³-hybridized carbons (Fsp3) is 0.183. The number of nitrogens with zero attached hydrogens (tertiary/aromatic N) is 3. The molecule has 74 heavy (non-hydrogen) atoms. The van der Waals surface area contributed by atoms with E-state index < -0.39 is 0 Å². The predicted octanol–water partition coefficient (Wildman–Crippen LogP) is 20.1. The van der Waals surface area contributed by atoms with Gasteiger partial charge in [0.2, 0.25) is 0 Å². The van der Waals surface area contributed by atoms with Crippen molar-refractivity contribution < 1.29 is 0 Å². The minimum absolute atomic E-state index is 0.0230. The van der Waals surface area contributed by atoms with E-state index in [1.165, 1.54) is 88.1 Å². The van der Waals surface area contributed by atoms with Crippen LogP contribution in [0.3, 0.4) is 0 Å². The molecule has 10 aromatic rings. The highest BCUT2D eigenvalue weighted by atomic mass is 15.2. The quantitative estimate of drug-likeness (QED) is 0.121. The molecule has 0 radical (unpaired) electrons. The standard InChI is InChI=1S/C71H63N3/c1-11-12-26-61-68(55-25-14-16-28-59(55)71(61,9)10)74-53-23-18-21-51(42-53)72(49-35-31-45(32-36-49)44(2)3)50-20-17-22-52(41-50)73(62-30-19-29-60-67(62)54-24-13-15-27-58(54)70(60,7)8)63-43-64(74)57-38-34-47-40-48(69(4,5)6)39-46-33-37-56(63)66(57)65(46)47/h11-44H,1H2,2-10H3/b26-12-. The van der Waals surface area contributed by atoms with E-state index in [0.29, 0.717) is 5.92 Å². The van der Waals surface area contributed by atoms with Crippen molar-refractivity contribution in [2.45, 2.75) is 84.5 Å². The van der Waals surface area contributed by atoms with Crippen LogP contribution in [0, 0.1) is 0 Å². The number of hydrogen-bond acceptors (Lipinski definition) is 3. The summed E-state index contributed by atoms with van der Waals surface area (Å²) in [4.78, 5) is 7.66. The Morgan fingerprint density at radius 2 is 1.01 bits per heavy atom. The van der Waals surface area contributed by atoms with Crippen LogP contribution in [0.2, 0.25) is 0 Å². The van der Waals surface area contributed by atoms with E-state index in [4.69, 9.17) is 0 Å². The Kier molecular flexibility index (Phi) is 10.2. The number of hydrogen-bond donors (Lipinski definition) is 0. The summed E-state index contributed by atoms with van der Waals surface area (Å²) >= 11 is 0. The highest BCUT2D eigenvalue weighted by Crippen LogP contribution is 2.59. The average Bonchev–Trinajstić information content (AvgIpc) is 3.77. The number of benzene rings is 10. The zero-order chi connectivity index (χ0) is 51.0. The molecule has 0 spiro atoms.